The van der Waals surface area contributed by atoms with Crippen molar-refractivity contribution in [1.82, 2.24) is 40.3 Å². The summed E-state index contributed by atoms with van der Waals surface area (Å²) < 4.78 is 11.8. The van der Waals surface area contributed by atoms with Crippen LogP contribution in [0.1, 0.15) is 56.0 Å². The molecule has 0 saturated heterocycles. The molecule has 4 heterocycles. The lowest BCUT2D eigenvalue weighted by Gasteiger charge is -2.19. The molecule has 0 aliphatic heterocycles. The second kappa shape index (κ2) is 17.4. The predicted molar refractivity (Wildman–Crippen MR) is 167 cm³/mol. The van der Waals surface area contributed by atoms with Crippen LogP contribution in [-0.4, -0.2) is 75.8 Å². The first kappa shape index (κ1) is 32.9. The molecule has 8 N–H and O–H groups in total. The molecule has 0 radical (unpaired) electrons. The van der Waals surface area contributed by atoms with Crippen molar-refractivity contribution in [1.29, 1.82) is 0 Å². The van der Waals surface area contributed by atoms with Crippen LogP contribution in [0.3, 0.4) is 0 Å². The van der Waals surface area contributed by atoms with E-state index >= 15 is 0 Å². The Labute approximate surface area is 261 Å². The number of hydrogen-bond acceptors (Lipinski definition) is 16. The molecule has 0 bridgehead atoms. The maximum atomic E-state index is 10.1. The van der Waals surface area contributed by atoms with Crippen molar-refractivity contribution in [2.24, 2.45) is 0 Å². The Bertz CT molecular complexity index is 1470. The van der Waals surface area contributed by atoms with Crippen LogP contribution < -0.4 is 31.6 Å². The number of aryl methyl sites for hydroxylation is 1. The standard InChI is InChI=1S/C29H40N12O4/c1-2-3-7-20(15-42)36-27-25(14-33-29(31)39-27)45-18-23-11-19(12-35-41-23)6-4-8-21(16-43)37-26-24(13-32-28(30)38-26)44-17-22-9-5-10-34-40-22/h5,9-14,20-21,42-43H,2-4,6-8,15-18H2,1H3,(H3,30,32,37,38)(H3,31,33,36,39)/t20-,21-/m0/s1. The first-order valence-corrected chi connectivity index (χ1v) is 14.8. The van der Waals surface area contributed by atoms with Gasteiger partial charge in [-0.2, -0.15) is 30.4 Å². The smallest absolute Gasteiger partial charge is 0.222 e. The van der Waals surface area contributed by atoms with E-state index in [0.717, 1.165) is 31.2 Å². The maximum Gasteiger partial charge on any atom is 0.222 e. The lowest BCUT2D eigenvalue weighted by molar-refractivity contribution is 0.265. The second-order valence-corrected chi connectivity index (χ2v) is 10.3. The topological polar surface area (TPSA) is 238 Å². The van der Waals surface area contributed by atoms with Crippen LogP contribution >= 0.6 is 0 Å². The highest BCUT2D eigenvalue weighted by atomic mass is 16.5. The molecule has 4 aromatic rings. The number of hydrogen-bond donors (Lipinski definition) is 6. The molecule has 0 aliphatic carbocycles. The van der Waals surface area contributed by atoms with Crippen LogP contribution in [0.15, 0.2) is 43.0 Å². The average Bonchev–Trinajstić information content (AvgIpc) is 3.06. The first-order valence-electron chi connectivity index (χ1n) is 14.8. The molecule has 0 fully saturated rings. The highest BCUT2D eigenvalue weighted by molar-refractivity contribution is 5.52. The van der Waals surface area contributed by atoms with Gasteiger partial charge >= 0.3 is 0 Å². The Morgan fingerprint density at radius 1 is 0.800 bits per heavy atom. The average molecular weight is 621 g/mol. The Hall–Kier alpha value is -4.96. The molecule has 0 unspecified atom stereocenters. The van der Waals surface area contributed by atoms with Gasteiger partial charge < -0.3 is 41.8 Å². The van der Waals surface area contributed by atoms with Gasteiger partial charge in [-0.15, -0.1) is 0 Å². The molecule has 240 valence electrons. The minimum atomic E-state index is -0.313. The summed E-state index contributed by atoms with van der Waals surface area (Å²) in [5.41, 5.74) is 13.8. The number of unbranched alkanes of at least 4 members (excludes halogenated alkanes) is 1. The van der Waals surface area contributed by atoms with Gasteiger partial charge in [0.25, 0.3) is 0 Å². The fourth-order valence-corrected chi connectivity index (χ4v) is 4.37. The number of nitrogens with two attached hydrogens (primary N) is 2. The molecule has 0 aliphatic rings. The first-order chi connectivity index (χ1) is 22.0. The minimum absolute atomic E-state index is 0.0461. The van der Waals surface area contributed by atoms with Gasteiger partial charge in [-0.1, -0.05) is 19.8 Å². The van der Waals surface area contributed by atoms with Crippen molar-refractivity contribution in [3.05, 3.63) is 59.9 Å². The highest BCUT2D eigenvalue weighted by Crippen LogP contribution is 2.26. The van der Waals surface area contributed by atoms with Crippen molar-refractivity contribution in [3.8, 4) is 11.5 Å². The van der Waals surface area contributed by atoms with E-state index in [1.807, 2.05) is 6.07 Å². The minimum Gasteiger partial charge on any atom is -0.482 e. The molecule has 0 spiro atoms. The number of rotatable bonds is 19. The summed E-state index contributed by atoms with van der Waals surface area (Å²) >= 11 is 0. The molecular formula is C29H40N12O4. The largest absolute Gasteiger partial charge is 0.482 e. The van der Waals surface area contributed by atoms with Gasteiger partial charge in [-0.05, 0) is 49.4 Å². The molecule has 4 aromatic heterocycles. The summed E-state index contributed by atoms with van der Waals surface area (Å²) in [6.45, 7) is 2.22. The number of aliphatic hydroxyl groups is 2. The van der Waals surface area contributed by atoms with Crippen LogP contribution in [0.4, 0.5) is 23.5 Å². The van der Waals surface area contributed by atoms with Gasteiger partial charge in [0.2, 0.25) is 11.9 Å². The van der Waals surface area contributed by atoms with Gasteiger partial charge in [0.1, 0.15) is 24.6 Å². The SMILES string of the molecule is CCCC[C@@H](CO)Nc1nc(N)ncc1OCc1cc(CCC[C@@H](CO)Nc2nc(N)ncc2OCc2cccnn2)cnn1. The number of anilines is 4. The highest BCUT2D eigenvalue weighted by Gasteiger charge is 2.16. The molecule has 4 rings (SSSR count). The maximum absolute atomic E-state index is 10.1. The third-order valence-corrected chi connectivity index (χ3v) is 6.73. The second-order valence-electron chi connectivity index (χ2n) is 10.3. The predicted octanol–water partition coefficient (Wildman–Crippen LogP) is 1.93. The summed E-state index contributed by atoms with van der Waals surface area (Å²) in [4.78, 5) is 16.6. The Morgan fingerprint density at radius 2 is 1.40 bits per heavy atom. The van der Waals surface area contributed by atoms with Gasteiger partial charge in [0.05, 0.1) is 43.9 Å². The van der Waals surface area contributed by atoms with E-state index < -0.39 is 0 Å². The molecular weight excluding hydrogens is 580 g/mol. The summed E-state index contributed by atoms with van der Waals surface area (Å²) in [5.74, 6) is 1.76. The normalized spacial score (nSPS) is 12.3. The van der Waals surface area contributed by atoms with E-state index in [1.54, 1.807) is 24.5 Å². The molecule has 16 heteroatoms. The fourth-order valence-electron chi connectivity index (χ4n) is 4.37. The zero-order valence-corrected chi connectivity index (χ0v) is 25.2. The van der Waals surface area contributed by atoms with E-state index in [1.165, 1.54) is 12.4 Å². The third kappa shape index (κ3) is 10.6. The van der Waals surface area contributed by atoms with E-state index in [0.29, 0.717) is 47.4 Å². The Kier molecular flexibility index (Phi) is 12.7. The Morgan fingerprint density at radius 3 is 1.98 bits per heavy atom. The van der Waals surface area contributed by atoms with Crippen LogP contribution in [0, 0.1) is 0 Å². The van der Waals surface area contributed by atoms with Crippen LogP contribution in [-0.2, 0) is 19.6 Å². The molecule has 0 saturated carbocycles. The zero-order valence-electron chi connectivity index (χ0n) is 25.2. The number of nitrogens with one attached hydrogen (secondary N) is 2. The fraction of sp³-hybridized carbons (Fsp3) is 0.448. The summed E-state index contributed by atoms with van der Waals surface area (Å²) in [6, 6.07) is 4.99. The third-order valence-electron chi connectivity index (χ3n) is 6.73. The number of aromatic nitrogens is 8. The van der Waals surface area contributed by atoms with Crippen molar-refractivity contribution in [2.75, 3.05) is 35.3 Å². The van der Waals surface area contributed by atoms with Crippen molar-refractivity contribution < 1.29 is 19.7 Å². The lowest BCUT2D eigenvalue weighted by atomic mass is 10.1. The number of ether oxygens (including phenoxy) is 2. The summed E-state index contributed by atoms with van der Waals surface area (Å²) in [6.07, 6.45) is 11.1. The summed E-state index contributed by atoms with van der Waals surface area (Å²) in [7, 11) is 0. The number of nitrogens with zero attached hydrogens (tertiary/aromatic N) is 8. The molecule has 2 atom stereocenters. The molecule has 45 heavy (non-hydrogen) atoms. The number of aliphatic hydroxyl groups excluding tert-OH is 2. The van der Waals surface area contributed by atoms with E-state index in [9.17, 15) is 10.2 Å². The monoisotopic (exact) mass is 620 g/mol. The van der Waals surface area contributed by atoms with E-state index in [-0.39, 0.29) is 50.4 Å². The quantitative estimate of drug-likeness (QED) is 0.0877. The van der Waals surface area contributed by atoms with E-state index in [2.05, 4.69) is 57.9 Å². The summed E-state index contributed by atoms with van der Waals surface area (Å²) in [5, 5.41) is 42.4. The van der Waals surface area contributed by atoms with Crippen LogP contribution in [0.2, 0.25) is 0 Å². The van der Waals surface area contributed by atoms with Crippen LogP contribution in [0.25, 0.3) is 0 Å². The van der Waals surface area contributed by atoms with Gasteiger partial charge in [0, 0.05) is 6.20 Å². The molecule has 0 aromatic carbocycles. The molecule has 0 amide bonds. The zero-order chi connectivity index (χ0) is 31.9. The molecule has 16 nitrogen and oxygen atoms in total. The van der Waals surface area contributed by atoms with Crippen molar-refractivity contribution in [3.63, 3.8) is 0 Å². The van der Waals surface area contributed by atoms with Crippen molar-refractivity contribution in [2.45, 2.75) is 70.7 Å². The van der Waals surface area contributed by atoms with Gasteiger partial charge in [-0.25, -0.2) is 9.97 Å². The van der Waals surface area contributed by atoms with E-state index in [4.69, 9.17) is 20.9 Å². The van der Waals surface area contributed by atoms with Crippen molar-refractivity contribution >= 4 is 23.5 Å². The lowest BCUT2D eigenvalue weighted by Crippen LogP contribution is -2.25. The van der Waals surface area contributed by atoms with Crippen LogP contribution in [0.5, 0.6) is 11.5 Å². The Balaban J connectivity index is 1.31. The van der Waals surface area contributed by atoms with Gasteiger partial charge in [0.15, 0.2) is 23.1 Å². The van der Waals surface area contributed by atoms with Gasteiger partial charge in [-0.3, -0.25) is 0 Å². The number of nitrogen functional groups attached to an aromatic ring is 2.